The zero-order valence-corrected chi connectivity index (χ0v) is 27.5. The molecule has 0 saturated carbocycles. The Hall–Kier alpha value is -4.29. The van der Waals surface area contributed by atoms with Crippen LogP contribution in [0.15, 0.2) is 36.4 Å². The van der Waals surface area contributed by atoms with Gasteiger partial charge >= 0.3 is 6.01 Å². The standard InChI is InChI=1S/C36H41FN6O5/c1-4-24-28(37)7-6-22-12-23(48-20-46-3)13-30(31(22)24)41-11-8-25-29(18-41)38-35(47-19-36-9-5-10-43(36)15-21(2)14-36)39-32(25)42-16-26-27(17-42)34(45)40-33(26)44/h6-7,12-13,26-27H,2,4-5,8-11,14-20H2,1,3H3,(H,40,44,45). The van der Waals surface area contributed by atoms with Crippen molar-refractivity contribution in [3.63, 3.8) is 0 Å². The summed E-state index contributed by atoms with van der Waals surface area (Å²) in [7, 11) is 1.58. The molecule has 4 saturated heterocycles. The lowest BCUT2D eigenvalue weighted by molar-refractivity contribution is -0.126. The van der Waals surface area contributed by atoms with Gasteiger partial charge in [0.1, 0.15) is 24.0 Å². The Balaban J connectivity index is 1.17. The molecule has 0 radical (unpaired) electrons. The molecule has 11 nitrogen and oxygen atoms in total. The Kier molecular flexibility index (Phi) is 7.75. The van der Waals surface area contributed by atoms with Crippen LogP contribution in [0.3, 0.4) is 0 Å². The van der Waals surface area contributed by atoms with Gasteiger partial charge in [-0.15, -0.1) is 0 Å². The van der Waals surface area contributed by atoms with E-state index >= 15 is 4.39 Å². The van der Waals surface area contributed by atoms with E-state index in [1.54, 1.807) is 13.2 Å². The second-order valence-corrected chi connectivity index (χ2v) is 13.8. The number of nitrogens with one attached hydrogen (secondary N) is 1. The van der Waals surface area contributed by atoms with Crippen molar-refractivity contribution in [1.29, 1.82) is 0 Å². The summed E-state index contributed by atoms with van der Waals surface area (Å²) in [5.41, 5.74) is 4.45. The van der Waals surface area contributed by atoms with Crippen molar-refractivity contribution < 1.29 is 28.2 Å². The molecule has 1 aromatic heterocycles. The van der Waals surface area contributed by atoms with Gasteiger partial charge in [-0.3, -0.25) is 19.8 Å². The van der Waals surface area contributed by atoms with E-state index in [0.717, 1.165) is 65.9 Å². The number of carbonyl (C=O) groups is 2. The zero-order chi connectivity index (χ0) is 33.2. The molecule has 2 aromatic carbocycles. The number of carbonyl (C=O) groups excluding carboxylic acids is 2. The molecule has 0 bridgehead atoms. The number of hydrogen-bond donors (Lipinski definition) is 1. The lowest BCUT2D eigenvalue weighted by atomic mass is 9.94. The van der Waals surface area contributed by atoms with Gasteiger partial charge in [0.05, 0.1) is 29.6 Å². The minimum atomic E-state index is -0.397. The molecule has 3 unspecified atom stereocenters. The van der Waals surface area contributed by atoms with Crippen LogP contribution in [0.2, 0.25) is 0 Å². The lowest BCUT2D eigenvalue weighted by Gasteiger charge is -2.34. The normalized spacial score (nSPS) is 25.1. The number of fused-ring (bicyclic) bond motifs is 4. The molecule has 1 N–H and O–H groups in total. The first-order valence-corrected chi connectivity index (χ1v) is 16.9. The number of methoxy groups -OCH3 is 1. The summed E-state index contributed by atoms with van der Waals surface area (Å²) in [5, 5.41) is 4.23. The van der Waals surface area contributed by atoms with Gasteiger partial charge in [0.2, 0.25) is 11.8 Å². The van der Waals surface area contributed by atoms with E-state index in [0.29, 0.717) is 63.0 Å². The number of aromatic nitrogens is 2. The monoisotopic (exact) mass is 656 g/mol. The topological polar surface area (TPSA) is 109 Å². The van der Waals surface area contributed by atoms with Crippen LogP contribution in [0.1, 0.15) is 43.0 Å². The van der Waals surface area contributed by atoms with Gasteiger partial charge in [-0.05, 0) is 61.7 Å². The average Bonchev–Trinajstić information content (AvgIpc) is 3.83. The molecular weight excluding hydrogens is 615 g/mol. The van der Waals surface area contributed by atoms with Crippen LogP contribution in [-0.2, 0) is 33.7 Å². The summed E-state index contributed by atoms with van der Waals surface area (Å²) in [6.07, 6.45) is 4.22. The van der Waals surface area contributed by atoms with Gasteiger partial charge in [0.25, 0.3) is 0 Å². The lowest BCUT2D eigenvalue weighted by Crippen LogP contribution is -2.43. The summed E-state index contributed by atoms with van der Waals surface area (Å²) < 4.78 is 32.7. The maximum Gasteiger partial charge on any atom is 0.318 e. The molecular formula is C36H41FN6O5. The summed E-state index contributed by atoms with van der Waals surface area (Å²) in [4.78, 5) is 41.9. The first-order chi connectivity index (χ1) is 23.3. The van der Waals surface area contributed by atoms with E-state index in [2.05, 4.69) is 26.6 Å². The smallest absolute Gasteiger partial charge is 0.318 e. The molecule has 4 fully saturated rings. The molecule has 5 aliphatic heterocycles. The fourth-order valence-electron chi connectivity index (χ4n) is 8.65. The van der Waals surface area contributed by atoms with Gasteiger partial charge < -0.3 is 24.0 Å². The number of aryl methyl sites for hydroxylation is 1. The van der Waals surface area contributed by atoms with E-state index in [4.69, 9.17) is 24.2 Å². The summed E-state index contributed by atoms with van der Waals surface area (Å²) in [6, 6.07) is 7.48. The van der Waals surface area contributed by atoms with Crippen LogP contribution in [0, 0.1) is 17.7 Å². The minimum Gasteiger partial charge on any atom is -0.467 e. The van der Waals surface area contributed by atoms with Crippen LogP contribution >= 0.6 is 0 Å². The molecule has 0 spiro atoms. The molecule has 2 amide bonds. The first-order valence-electron chi connectivity index (χ1n) is 16.9. The SMILES string of the molecule is C=C1CN2CCCC2(COc2nc3c(c(N4CC5C(=O)NC(=O)C5C4)n2)CCN(c2cc(OCOC)cc4ccc(F)c(CC)c24)C3)C1. The Morgan fingerprint density at radius 3 is 2.65 bits per heavy atom. The van der Waals surface area contributed by atoms with E-state index < -0.39 is 11.8 Å². The second kappa shape index (κ2) is 12.0. The summed E-state index contributed by atoms with van der Waals surface area (Å²) in [5.74, 6) is -0.108. The number of hydrogen-bond acceptors (Lipinski definition) is 10. The van der Waals surface area contributed by atoms with Crippen LogP contribution in [0.5, 0.6) is 11.8 Å². The fraction of sp³-hybridized carbons (Fsp3) is 0.500. The van der Waals surface area contributed by atoms with E-state index in [1.807, 2.05) is 19.1 Å². The molecule has 6 heterocycles. The molecule has 3 atom stereocenters. The number of nitrogens with zero attached hydrogens (tertiary/aromatic N) is 5. The van der Waals surface area contributed by atoms with Gasteiger partial charge in [0.15, 0.2) is 6.79 Å². The Morgan fingerprint density at radius 1 is 1.06 bits per heavy atom. The van der Waals surface area contributed by atoms with Crippen molar-refractivity contribution in [2.24, 2.45) is 11.8 Å². The maximum atomic E-state index is 15.2. The van der Waals surface area contributed by atoms with E-state index in [-0.39, 0.29) is 30.0 Å². The number of rotatable bonds is 9. The largest absolute Gasteiger partial charge is 0.467 e. The predicted molar refractivity (Wildman–Crippen MR) is 178 cm³/mol. The fourth-order valence-corrected chi connectivity index (χ4v) is 8.65. The molecule has 3 aromatic rings. The number of ether oxygens (including phenoxy) is 3. The molecule has 48 heavy (non-hydrogen) atoms. The van der Waals surface area contributed by atoms with Crippen LogP contribution in [0.4, 0.5) is 15.9 Å². The van der Waals surface area contributed by atoms with Crippen molar-refractivity contribution in [2.75, 3.05) is 63.0 Å². The second-order valence-electron chi connectivity index (χ2n) is 13.8. The van der Waals surface area contributed by atoms with Crippen molar-refractivity contribution in [2.45, 2.75) is 51.1 Å². The number of anilines is 2. The van der Waals surface area contributed by atoms with E-state index in [1.165, 1.54) is 11.6 Å². The highest BCUT2D eigenvalue weighted by atomic mass is 19.1. The van der Waals surface area contributed by atoms with Gasteiger partial charge in [-0.2, -0.15) is 9.97 Å². The number of amides is 2. The molecule has 12 heteroatoms. The number of benzene rings is 2. The molecule has 0 aliphatic carbocycles. The quantitative estimate of drug-likeness (QED) is 0.208. The van der Waals surface area contributed by atoms with Crippen molar-refractivity contribution in [3.8, 4) is 11.8 Å². The Labute approximate surface area is 279 Å². The van der Waals surface area contributed by atoms with Gasteiger partial charge in [-0.25, -0.2) is 4.39 Å². The highest BCUT2D eigenvalue weighted by Gasteiger charge is 2.49. The van der Waals surface area contributed by atoms with E-state index in [9.17, 15) is 9.59 Å². The Bertz CT molecular complexity index is 1810. The molecule has 8 rings (SSSR count). The number of halogens is 1. The average molecular weight is 657 g/mol. The third-order valence-electron chi connectivity index (χ3n) is 10.9. The van der Waals surface area contributed by atoms with Crippen molar-refractivity contribution in [1.82, 2.24) is 20.2 Å². The van der Waals surface area contributed by atoms with Crippen molar-refractivity contribution >= 4 is 34.1 Å². The van der Waals surface area contributed by atoms with Crippen LogP contribution < -0.4 is 24.6 Å². The number of imide groups is 1. The zero-order valence-electron chi connectivity index (χ0n) is 27.5. The van der Waals surface area contributed by atoms with Gasteiger partial charge in [0, 0.05) is 56.0 Å². The first kappa shape index (κ1) is 31.0. The molecule has 252 valence electrons. The third-order valence-corrected chi connectivity index (χ3v) is 10.9. The molecule has 5 aliphatic rings. The predicted octanol–water partition coefficient (Wildman–Crippen LogP) is 3.76. The third kappa shape index (κ3) is 5.16. The van der Waals surface area contributed by atoms with Crippen LogP contribution in [-0.4, -0.2) is 85.5 Å². The summed E-state index contributed by atoms with van der Waals surface area (Å²) in [6.45, 7) is 10.6. The maximum absolute atomic E-state index is 15.2. The summed E-state index contributed by atoms with van der Waals surface area (Å²) >= 11 is 0. The van der Waals surface area contributed by atoms with Crippen LogP contribution in [0.25, 0.3) is 10.8 Å². The minimum absolute atomic E-state index is 0.0948. The Morgan fingerprint density at radius 2 is 1.88 bits per heavy atom. The highest BCUT2D eigenvalue weighted by Crippen LogP contribution is 2.43. The van der Waals surface area contributed by atoms with Gasteiger partial charge in [-0.1, -0.05) is 25.1 Å². The van der Waals surface area contributed by atoms with Crippen molar-refractivity contribution in [3.05, 3.63) is 59.1 Å². The highest BCUT2D eigenvalue weighted by molar-refractivity contribution is 6.06.